The molecule has 5 rings (SSSR count). The fourth-order valence-corrected chi connectivity index (χ4v) is 5.67. The average Bonchev–Trinajstić information content (AvgIpc) is 3.31. The van der Waals surface area contributed by atoms with Crippen molar-refractivity contribution in [2.75, 3.05) is 38.2 Å². The number of sulfone groups is 2. The topological polar surface area (TPSA) is 243 Å². The number of benzene rings is 2. The minimum atomic E-state index is -3.26. The minimum Gasteiger partial charge on any atom is -0.464 e. The molecule has 1 aliphatic rings. The molecule has 3 heterocycles. The molecule has 0 amide bonds. The second kappa shape index (κ2) is 16.5. The molecule has 2 aromatic heterocycles. The number of ether oxygens (including phenoxy) is 2. The van der Waals surface area contributed by atoms with E-state index in [-0.39, 0.29) is 27.9 Å². The van der Waals surface area contributed by atoms with Crippen LogP contribution in [0.1, 0.15) is 48.7 Å². The van der Waals surface area contributed by atoms with E-state index in [1.54, 1.807) is 36.4 Å². The van der Waals surface area contributed by atoms with Crippen LogP contribution < -0.4 is 16.9 Å². The van der Waals surface area contributed by atoms with Crippen molar-refractivity contribution in [2.45, 2.75) is 48.7 Å². The van der Waals surface area contributed by atoms with Crippen LogP contribution in [-0.2, 0) is 38.5 Å². The second-order valence-corrected chi connectivity index (χ2v) is 17.0. The molecule has 0 saturated carbocycles. The molecule has 2 aromatic carbocycles. The highest BCUT2D eigenvalue weighted by atomic mass is 79.9. The normalized spacial score (nSPS) is 14.6. The van der Waals surface area contributed by atoms with Gasteiger partial charge < -0.3 is 30.2 Å². The van der Waals surface area contributed by atoms with Crippen molar-refractivity contribution in [3.8, 4) is 11.3 Å². The van der Waals surface area contributed by atoms with Crippen LogP contribution >= 0.6 is 15.9 Å². The molecule has 20 heteroatoms. The van der Waals surface area contributed by atoms with Crippen LogP contribution in [0, 0.1) is 0 Å². The smallest absolute Gasteiger partial charge is 0.464 e. The highest BCUT2D eigenvalue weighted by Gasteiger charge is 2.51. The van der Waals surface area contributed by atoms with E-state index >= 15 is 0 Å². The van der Waals surface area contributed by atoms with Gasteiger partial charge in [0.25, 0.3) is 0 Å². The van der Waals surface area contributed by atoms with Gasteiger partial charge in [-0.1, -0.05) is 24.3 Å². The molecule has 4 N–H and O–H groups in total. The van der Waals surface area contributed by atoms with E-state index in [4.69, 9.17) is 20.8 Å². The van der Waals surface area contributed by atoms with E-state index < -0.39 is 49.9 Å². The van der Waals surface area contributed by atoms with Crippen LogP contribution in [-0.4, -0.2) is 93.8 Å². The molecular weight excluding hydrogens is 783 g/mol. The number of halogens is 1. The van der Waals surface area contributed by atoms with E-state index in [1.807, 2.05) is 27.7 Å². The van der Waals surface area contributed by atoms with Crippen molar-refractivity contribution >= 4 is 71.8 Å². The number of rotatable bonds is 6. The number of nitrogens with two attached hydrogens (primary N) is 2. The molecule has 16 nitrogen and oxygen atoms in total. The predicted octanol–water partition coefficient (Wildman–Crippen LogP) is 2.91. The van der Waals surface area contributed by atoms with Gasteiger partial charge in [-0.3, -0.25) is 0 Å². The van der Waals surface area contributed by atoms with Gasteiger partial charge in [0.15, 0.2) is 42.7 Å². The quantitative estimate of drug-likeness (QED) is 0.210. The molecule has 1 saturated heterocycles. The summed E-state index contributed by atoms with van der Waals surface area (Å²) in [6.45, 7) is 7.94. The van der Waals surface area contributed by atoms with Gasteiger partial charge in [-0.05, 0) is 73.4 Å². The van der Waals surface area contributed by atoms with E-state index in [2.05, 4.69) is 45.3 Å². The van der Waals surface area contributed by atoms with E-state index in [9.17, 15) is 26.4 Å². The van der Waals surface area contributed by atoms with Crippen LogP contribution in [0.3, 0.4) is 0 Å². The van der Waals surface area contributed by atoms with Crippen LogP contribution in [0.15, 0.2) is 75.3 Å². The first kappa shape index (κ1) is 41.9. The number of nitrogens with zero attached hydrogens (tertiary/aromatic N) is 4. The number of anilines is 2. The highest BCUT2D eigenvalue weighted by Crippen LogP contribution is 2.36. The first-order valence-electron chi connectivity index (χ1n) is 15.0. The van der Waals surface area contributed by atoms with E-state index in [1.165, 1.54) is 45.0 Å². The van der Waals surface area contributed by atoms with Crippen molar-refractivity contribution < 1.29 is 45.2 Å². The largest absolute Gasteiger partial charge is 0.494 e. The predicted molar refractivity (Wildman–Crippen MR) is 197 cm³/mol. The molecule has 4 aromatic rings. The zero-order chi connectivity index (χ0) is 39.2. The Bertz CT molecular complexity index is 2140. The number of carbonyl (C=O) groups is 2. The van der Waals surface area contributed by atoms with Crippen molar-refractivity contribution in [2.24, 2.45) is 0 Å². The van der Waals surface area contributed by atoms with Gasteiger partial charge in [0.05, 0.1) is 53.3 Å². The summed E-state index contributed by atoms with van der Waals surface area (Å²) in [6.07, 6.45) is 5.12. The van der Waals surface area contributed by atoms with Gasteiger partial charge in [0.2, 0.25) is 0 Å². The molecule has 0 radical (unpaired) electrons. The van der Waals surface area contributed by atoms with Crippen LogP contribution in [0.5, 0.6) is 0 Å². The maximum Gasteiger partial charge on any atom is 0.494 e. The summed E-state index contributed by atoms with van der Waals surface area (Å²) in [4.78, 5) is 38.5. The van der Waals surface area contributed by atoms with Gasteiger partial charge in [0, 0.05) is 18.1 Å². The Morgan fingerprint density at radius 1 is 0.712 bits per heavy atom. The SMILES string of the molecule is CC1(C)OB(c2ccc(S(C)(=O)=O)cc2)OC1(C)C.COC(=O)c1nc(-c2ccc(S(C)(=O)=O)cc2)cnc1N.COC(=O)c1nc(Br)cnc1N. The summed E-state index contributed by atoms with van der Waals surface area (Å²) >= 11 is 3.06. The lowest BCUT2D eigenvalue weighted by molar-refractivity contribution is 0.00578. The lowest BCUT2D eigenvalue weighted by Gasteiger charge is -2.32. The van der Waals surface area contributed by atoms with Gasteiger partial charge in [-0.2, -0.15) is 0 Å². The third-order valence-corrected chi connectivity index (χ3v) is 10.4. The maximum atomic E-state index is 11.5. The summed E-state index contributed by atoms with van der Waals surface area (Å²) in [7, 11) is -4.42. The lowest BCUT2D eigenvalue weighted by Crippen LogP contribution is -2.41. The minimum absolute atomic E-state index is 0.0203. The number of carbonyl (C=O) groups excluding carboxylic acids is 2. The van der Waals surface area contributed by atoms with Crippen LogP contribution in [0.25, 0.3) is 11.3 Å². The monoisotopic (exact) mass is 820 g/mol. The second-order valence-electron chi connectivity index (χ2n) is 12.1. The highest BCUT2D eigenvalue weighted by molar-refractivity contribution is 9.10. The Morgan fingerprint density at radius 2 is 1.12 bits per heavy atom. The molecule has 0 aliphatic carbocycles. The molecule has 1 fully saturated rings. The molecule has 0 unspecified atom stereocenters. The third-order valence-electron chi connectivity index (χ3n) is 7.74. The molecular formula is C32H38BBrN6O10S2. The van der Waals surface area contributed by atoms with Gasteiger partial charge in [-0.25, -0.2) is 46.4 Å². The summed E-state index contributed by atoms with van der Waals surface area (Å²) in [5.74, 6) is -1.25. The summed E-state index contributed by atoms with van der Waals surface area (Å²) in [5.41, 5.74) is 11.9. The first-order valence-corrected chi connectivity index (χ1v) is 19.6. The molecule has 0 bridgehead atoms. The van der Waals surface area contributed by atoms with Crippen molar-refractivity contribution in [3.63, 3.8) is 0 Å². The number of aromatic nitrogens is 4. The molecule has 0 atom stereocenters. The summed E-state index contributed by atoms with van der Waals surface area (Å²) < 4.78 is 66.9. The average molecular weight is 822 g/mol. The molecule has 0 spiro atoms. The molecule has 52 heavy (non-hydrogen) atoms. The standard InChI is InChI=1S/C13H19BO4S.C13H13N3O4S.C6H6BrN3O2/c1-12(2)13(3,4)18-14(17-12)10-6-8-11(9-7-10)19(5,15)16;1-20-13(17)11-12(14)15-7-10(16-11)8-3-5-9(6-4-8)21(2,18)19;1-12-6(11)4-5(8)9-2-3(7)10-4/h6-9H,1-5H3;3-7H,1-2H3,(H2,14,15);2H,1H3,(H2,8,9). The Hall–Kier alpha value is -4.50. The fraction of sp³-hybridized carbons (Fsp3) is 0.312. The Kier molecular flexibility index (Phi) is 13.3. The van der Waals surface area contributed by atoms with Crippen molar-refractivity contribution in [1.29, 1.82) is 0 Å². The lowest BCUT2D eigenvalue weighted by atomic mass is 9.79. The Morgan fingerprint density at radius 3 is 1.54 bits per heavy atom. The molecule has 278 valence electrons. The van der Waals surface area contributed by atoms with Gasteiger partial charge in [-0.15, -0.1) is 0 Å². The van der Waals surface area contributed by atoms with E-state index in [0.717, 1.165) is 11.7 Å². The summed E-state index contributed by atoms with van der Waals surface area (Å²) in [5, 5.41) is 0. The summed E-state index contributed by atoms with van der Waals surface area (Å²) in [6, 6.07) is 12.7. The van der Waals surface area contributed by atoms with E-state index in [0.29, 0.717) is 20.8 Å². The van der Waals surface area contributed by atoms with Crippen LogP contribution in [0.4, 0.5) is 11.6 Å². The zero-order valence-electron chi connectivity index (χ0n) is 29.6. The maximum absolute atomic E-state index is 11.5. The zero-order valence-corrected chi connectivity index (χ0v) is 32.8. The number of hydrogen-bond donors (Lipinski definition) is 2. The van der Waals surface area contributed by atoms with Crippen molar-refractivity contribution in [1.82, 2.24) is 19.9 Å². The van der Waals surface area contributed by atoms with Crippen molar-refractivity contribution in [3.05, 3.63) is 76.9 Å². The number of methoxy groups -OCH3 is 2. The van der Waals surface area contributed by atoms with Crippen LogP contribution in [0.2, 0.25) is 0 Å². The Labute approximate surface area is 310 Å². The first-order chi connectivity index (χ1) is 24.0. The number of nitrogen functional groups attached to an aromatic ring is 2. The Balaban J connectivity index is 0.000000218. The van der Waals surface area contributed by atoms with Gasteiger partial charge >= 0.3 is 19.1 Å². The number of esters is 2. The third kappa shape index (κ3) is 10.5. The molecule has 1 aliphatic heterocycles. The fourth-order valence-electron chi connectivity index (χ4n) is 4.13. The van der Waals surface area contributed by atoms with Gasteiger partial charge in [0.1, 0.15) is 4.60 Å². The number of hydrogen-bond acceptors (Lipinski definition) is 16.